The molecule has 1 unspecified atom stereocenters. The second-order valence-electron chi connectivity index (χ2n) is 12.1. The van der Waals surface area contributed by atoms with E-state index in [1.807, 2.05) is 20.8 Å². The third kappa shape index (κ3) is 26.8. The molecule has 11 heteroatoms. The van der Waals surface area contributed by atoms with Gasteiger partial charge in [-0.25, -0.2) is 4.79 Å². The maximum atomic E-state index is 12.5. The van der Waals surface area contributed by atoms with Crippen LogP contribution in [0.25, 0.3) is 0 Å². The van der Waals surface area contributed by atoms with Crippen LogP contribution in [0.5, 0.6) is 0 Å². The van der Waals surface area contributed by atoms with Crippen molar-refractivity contribution in [2.75, 3.05) is 46.1 Å². The van der Waals surface area contributed by atoms with Crippen LogP contribution in [0.15, 0.2) is 12.2 Å². The predicted molar refractivity (Wildman–Crippen MR) is 189 cm³/mol. The zero-order valence-electron chi connectivity index (χ0n) is 30.6. The lowest BCUT2D eigenvalue weighted by Gasteiger charge is -2.28. The molecule has 0 rings (SSSR count). The summed E-state index contributed by atoms with van der Waals surface area (Å²) >= 11 is 0. The lowest BCUT2D eigenvalue weighted by molar-refractivity contribution is -0.165. The lowest BCUT2D eigenvalue weighted by Crippen LogP contribution is -2.48. The molecule has 0 aliphatic carbocycles. The molecule has 0 aromatic heterocycles. The third-order valence-electron chi connectivity index (χ3n) is 7.67. The van der Waals surface area contributed by atoms with Crippen molar-refractivity contribution in [3.63, 3.8) is 0 Å². The molecule has 47 heavy (non-hydrogen) atoms. The van der Waals surface area contributed by atoms with Gasteiger partial charge in [-0.15, -0.1) is 0 Å². The zero-order valence-corrected chi connectivity index (χ0v) is 31.6. The first-order valence-corrected chi connectivity index (χ1v) is 20.5. The van der Waals surface area contributed by atoms with Gasteiger partial charge in [-0.05, 0) is 40.7 Å². The number of nitrogens with one attached hydrogen (secondary N) is 1. The van der Waals surface area contributed by atoms with Crippen molar-refractivity contribution in [2.45, 2.75) is 156 Å². The summed E-state index contributed by atoms with van der Waals surface area (Å²) in [6.07, 6.45) is 18.3. The fourth-order valence-corrected chi connectivity index (χ4v) is 7.60. The molecule has 10 nitrogen and oxygen atoms in total. The van der Waals surface area contributed by atoms with E-state index in [1.54, 1.807) is 0 Å². The first-order valence-electron chi connectivity index (χ1n) is 18.5. The average molecular weight is 688 g/mol. The largest absolute Gasteiger partial charge is 0.502 e. The molecule has 0 aliphatic heterocycles. The van der Waals surface area contributed by atoms with Gasteiger partial charge in [-0.3, -0.25) is 9.59 Å². The standard InChI is InChI=1S/C36H69NO9Si/c1-7-11-12-13-14-15-16-17-18-19-20-21-22-23-24-25-35(39)46-33(31-42-36(40)32(5)6)30-41-34(38)26-27-37-28-29-47(43-8-2,44-9-3)45-10-4/h33,37H,5,7-31H2,1-4,6H3. The maximum absolute atomic E-state index is 12.5. The van der Waals surface area contributed by atoms with Crippen LogP contribution >= 0.6 is 0 Å². The van der Waals surface area contributed by atoms with Crippen molar-refractivity contribution in [2.24, 2.45) is 0 Å². The van der Waals surface area contributed by atoms with E-state index >= 15 is 0 Å². The summed E-state index contributed by atoms with van der Waals surface area (Å²) in [6.45, 7) is 15.2. The van der Waals surface area contributed by atoms with E-state index in [1.165, 1.54) is 84.0 Å². The van der Waals surface area contributed by atoms with Gasteiger partial charge in [-0.2, -0.15) is 0 Å². The van der Waals surface area contributed by atoms with E-state index in [9.17, 15) is 14.4 Å². The van der Waals surface area contributed by atoms with Gasteiger partial charge in [0.15, 0.2) is 6.10 Å². The van der Waals surface area contributed by atoms with Crippen molar-refractivity contribution in [3.05, 3.63) is 12.2 Å². The predicted octanol–water partition coefficient (Wildman–Crippen LogP) is 7.85. The van der Waals surface area contributed by atoms with Crippen molar-refractivity contribution < 1.29 is 41.9 Å². The Morgan fingerprint density at radius 3 is 1.55 bits per heavy atom. The van der Waals surface area contributed by atoms with Crippen molar-refractivity contribution in [1.82, 2.24) is 5.32 Å². The first-order chi connectivity index (χ1) is 22.7. The van der Waals surface area contributed by atoms with Gasteiger partial charge in [0.2, 0.25) is 0 Å². The molecule has 0 bridgehead atoms. The third-order valence-corrected chi connectivity index (χ3v) is 10.7. The zero-order chi connectivity index (χ0) is 35.0. The highest BCUT2D eigenvalue weighted by atomic mass is 28.4. The van der Waals surface area contributed by atoms with Crippen LogP contribution in [0.4, 0.5) is 0 Å². The molecule has 1 atom stereocenters. The van der Waals surface area contributed by atoms with Crippen LogP contribution in [0.3, 0.4) is 0 Å². The number of carbonyl (C=O) groups excluding carboxylic acids is 3. The summed E-state index contributed by atoms with van der Waals surface area (Å²) in [5.41, 5.74) is 0.237. The summed E-state index contributed by atoms with van der Waals surface area (Å²) < 4.78 is 33.6. The Morgan fingerprint density at radius 1 is 0.617 bits per heavy atom. The summed E-state index contributed by atoms with van der Waals surface area (Å²) in [5, 5.41) is 3.21. The average Bonchev–Trinajstić information content (AvgIpc) is 3.04. The quantitative estimate of drug-likeness (QED) is 0.0236. The van der Waals surface area contributed by atoms with E-state index in [2.05, 4.69) is 18.8 Å². The summed E-state index contributed by atoms with van der Waals surface area (Å²) in [4.78, 5) is 36.8. The lowest BCUT2D eigenvalue weighted by atomic mass is 10.0. The molecule has 0 saturated carbocycles. The van der Waals surface area contributed by atoms with Crippen LogP contribution < -0.4 is 5.32 Å². The summed E-state index contributed by atoms with van der Waals surface area (Å²) in [7, 11) is -2.75. The number of unbranched alkanes of at least 4 members (excludes halogenated alkanes) is 14. The minimum Gasteiger partial charge on any atom is -0.462 e. The van der Waals surface area contributed by atoms with Gasteiger partial charge >= 0.3 is 26.7 Å². The Balaban J connectivity index is 4.30. The smallest absolute Gasteiger partial charge is 0.462 e. The van der Waals surface area contributed by atoms with Gasteiger partial charge in [0.05, 0.1) is 6.42 Å². The molecule has 0 fully saturated rings. The van der Waals surface area contributed by atoms with Crippen molar-refractivity contribution in [1.29, 1.82) is 0 Å². The molecule has 0 amide bonds. The van der Waals surface area contributed by atoms with Crippen molar-refractivity contribution in [3.8, 4) is 0 Å². The van der Waals surface area contributed by atoms with Crippen LogP contribution in [0, 0.1) is 0 Å². The number of hydrogen-bond acceptors (Lipinski definition) is 10. The molecular formula is C36H69NO9Si. The summed E-state index contributed by atoms with van der Waals surface area (Å²) in [5.74, 6) is -1.43. The molecule has 0 saturated heterocycles. The topological polar surface area (TPSA) is 119 Å². The normalized spacial score (nSPS) is 12.1. The minimum absolute atomic E-state index is 0.123. The van der Waals surface area contributed by atoms with Crippen LogP contribution in [0.1, 0.15) is 144 Å². The van der Waals surface area contributed by atoms with Gasteiger partial charge < -0.3 is 32.8 Å². The monoisotopic (exact) mass is 687 g/mol. The van der Waals surface area contributed by atoms with Gasteiger partial charge in [0.25, 0.3) is 0 Å². The SMILES string of the molecule is C=C(C)C(=O)OCC(COC(=O)CCNCC[Si](OCC)(OCC)OCC)OC(=O)CCCCCCCCCCCCCCCCC. The Labute approximate surface area is 287 Å². The fraction of sp³-hybridized carbons (Fsp3) is 0.861. The molecule has 0 aliphatic rings. The van der Waals surface area contributed by atoms with Crippen LogP contribution in [-0.2, 0) is 41.9 Å². The molecule has 0 radical (unpaired) electrons. The number of rotatable bonds is 34. The fourth-order valence-electron chi connectivity index (χ4n) is 5.11. The number of carbonyl (C=O) groups is 3. The molecule has 1 N–H and O–H groups in total. The maximum Gasteiger partial charge on any atom is 0.502 e. The highest BCUT2D eigenvalue weighted by Gasteiger charge is 2.39. The Kier molecular flexibility index (Phi) is 30.3. The molecule has 0 heterocycles. The molecular weight excluding hydrogens is 618 g/mol. The Bertz CT molecular complexity index is 794. The molecule has 0 aromatic rings. The second kappa shape index (κ2) is 31.5. The van der Waals surface area contributed by atoms with Crippen LogP contribution in [0.2, 0.25) is 6.04 Å². The van der Waals surface area contributed by atoms with E-state index in [-0.39, 0.29) is 37.6 Å². The molecule has 0 spiro atoms. The van der Waals surface area contributed by atoms with Gasteiger partial charge in [0, 0.05) is 44.4 Å². The molecule has 276 valence electrons. The van der Waals surface area contributed by atoms with E-state index in [0.717, 1.165) is 19.3 Å². The second-order valence-corrected chi connectivity index (χ2v) is 14.8. The Hall–Kier alpha value is -1.79. The van der Waals surface area contributed by atoms with E-state index in [0.29, 0.717) is 39.0 Å². The highest BCUT2D eigenvalue weighted by Crippen LogP contribution is 2.16. The van der Waals surface area contributed by atoms with E-state index in [4.69, 9.17) is 27.5 Å². The van der Waals surface area contributed by atoms with Gasteiger partial charge in [0.1, 0.15) is 13.2 Å². The number of ether oxygens (including phenoxy) is 3. The van der Waals surface area contributed by atoms with Crippen molar-refractivity contribution >= 4 is 26.7 Å². The Morgan fingerprint density at radius 2 is 1.09 bits per heavy atom. The van der Waals surface area contributed by atoms with Crippen LogP contribution in [-0.4, -0.2) is 78.9 Å². The summed E-state index contributed by atoms with van der Waals surface area (Å²) in [6, 6.07) is 0.586. The van der Waals surface area contributed by atoms with Gasteiger partial charge in [-0.1, -0.05) is 103 Å². The molecule has 0 aromatic carbocycles. The highest BCUT2D eigenvalue weighted by molar-refractivity contribution is 6.60. The minimum atomic E-state index is -2.75. The van der Waals surface area contributed by atoms with E-state index < -0.39 is 26.8 Å². The first kappa shape index (κ1) is 45.2. The number of hydrogen-bond donors (Lipinski definition) is 1. The number of esters is 3.